The van der Waals surface area contributed by atoms with Crippen LogP contribution < -0.4 is 0 Å². The fourth-order valence-electron chi connectivity index (χ4n) is 4.90. The Kier molecular flexibility index (Phi) is 5.88. The van der Waals surface area contributed by atoms with Crippen molar-refractivity contribution in [2.24, 2.45) is 0 Å². The SMILES string of the molecule is O=C(CN1CCC(c2c[nH]c3ccccc23)CC1)N1CCN(Cc2cccs2)CC1. The molecule has 2 aliphatic heterocycles. The van der Waals surface area contributed by atoms with E-state index < -0.39 is 0 Å². The van der Waals surface area contributed by atoms with E-state index in [1.165, 1.54) is 21.3 Å². The van der Waals surface area contributed by atoms with Crippen LogP contribution in [0.4, 0.5) is 0 Å². The van der Waals surface area contributed by atoms with Crippen LogP contribution in [0.2, 0.25) is 0 Å². The standard InChI is InChI=1S/C24H30N4OS/c29-24(28-13-11-27(12-14-28)17-20-4-3-15-30-20)18-26-9-7-19(8-10-26)22-16-25-23-6-2-1-5-21(22)23/h1-6,15-16,19,25H,7-14,17-18H2. The number of aromatic nitrogens is 1. The van der Waals surface area contributed by atoms with Gasteiger partial charge in [0.05, 0.1) is 6.54 Å². The number of H-pyrrole nitrogens is 1. The van der Waals surface area contributed by atoms with E-state index in [0.717, 1.165) is 58.7 Å². The summed E-state index contributed by atoms with van der Waals surface area (Å²) in [4.78, 5) is 24.5. The van der Waals surface area contributed by atoms with Crippen LogP contribution >= 0.6 is 11.3 Å². The fraction of sp³-hybridized carbons (Fsp3) is 0.458. The summed E-state index contributed by atoms with van der Waals surface area (Å²) in [7, 11) is 0. The Morgan fingerprint density at radius 1 is 0.967 bits per heavy atom. The van der Waals surface area contributed by atoms with Crippen LogP contribution in [0.5, 0.6) is 0 Å². The molecule has 0 aliphatic carbocycles. The number of nitrogens with zero attached hydrogens (tertiary/aromatic N) is 3. The predicted molar refractivity (Wildman–Crippen MR) is 123 cm³/mol. The number of rotatable bonds is 5. The molecule has 5 nitrogen and oxygen atoms in total. The van der Waals surface area contributed by atoms with Crippen LogP contribution in [0, 0.1) is 0 Å². The van der Waals surface area contributed by atoms with Crippen LogP contribution in [-0.2, 0) is 11.3 Å². The van der Waals surface area contributed by atoms with Gasteiger partial charge in [-0.05, 0) is 54.9 Å². The zero-order valence-corrected chi connectivity index (χ0v) is 18.2. The maximum atomic E-state index is 12.8. The van der Waals surface area contributed by atoms with Gasteiger partial charge in [-0.2, -0.15) is 0 Å². The van der Waals surface area contributed by atoms with Gasteiger partial charge in [0.2, 0.25) is 5.91 Å². The lowest BCUT2D eigenvalue weighted by Crippen LogP contribution is -2.51. The molecule has 0 unspecified atom stereocenters. The number of amides is 1. The second-order valence-corrected chi connectivity index (χ2v) is 9.61. The normalized spacial score (nSPS) is 19.5. The van der Waals surface area contributed by atoms with Crippen LogP contribution in [0.1, 0.15) is 29.2 Å². The summed E-state index contributed by atoms with van der Waals surface area (Å²) in [5.74, 6) is 0.893. The molecule has 158 valence electrons. The van der Waals surface area contributed by atoms with Gasteiger partial charge in [0.25, 0.3) is 0 Å². The van der Waals surface area contributed by atoms with Gasteiger partial charge in [-0.1, -0.05) is 24.3 Å². The largest absolute Gasteiger partial charge is 0.361 e. The zero-order valence-electron chi connectivity index (χ0n) is 17.4. The molecule has 1 amide bonds. The van der Waals surface area contributed by atoms with Crippen molar-refractivity contribution in [1.29, 1.82) is 0 Å². The Morgan fingerprint density at radius 3 is 2.53 bits per heavy atom. The smallest absolute Gasteiger partial charge is 0.236 e. The van der Waals surface area contributed by atoms with Gasteiger partial charge in [-0.25, -0.2) is 0 Å². The minimum absolute atomic E-state index is 0.302. The summed E-state index contributed by atoms with van der Waals surface area (Å²) >= 11 is 1.82. The summed E-state index contributed by atoms with van der Waals surface area (Å²) in [6.07, 6.45) is 4.44. The second kappa shape index (κ2) is 8.92. The Bertz CT molecular complexity index is 966. The molecular formula is C24H30N4OS. The van der Waals surface area contributed by atoms with E-state index in [4.69, 9.17) is 0 Å². The lowest BCUT2D eigenvalue weighted by molar-refractivity contribution is -0.134. The molecule has 3 aromatic rings. The maximum Gasteiger partial charge on any atom is 0.236 e. The van der Waals surface area contributed by atoms with Crippen molar-refractivity contribution >= 4 is 28.1 Å². The molecule has 4 heterocycles. The van der Waals surface area contributed by atoms with E-state index in [2.05, 4.69) is 67.7 Å². The molecule has 30 heavy (non-hydrogen) atoms. The van der Waals surface area contributed by atoms with Crippen molar-refractivity contribution in [1.82, 2.24) is 19.7 Å². The van der Waals surface area contributed by atoms with Crippen molar-refractivity contribution in [3.05, 3.63) is 58.4 Å². The number of aromatic amines is 1. The van der Waals surface area contributed by atoms with Crippen molar-refractivity contribution in [2.75, 3.05) is 45.8 Å². The number of piperidine rings is 1. The number of benzene rings is 1. The average Bonchev–Trinajstić information content (AvgIpc) is 3.45. The van der Waals surface area contributed by atoms with Gasteiger partial charge in [-0.15, -0.1) is 11.3 Å². The summed E-state index contributed by atoms with van der Waals surface area (Å²) in [6, 6.07) is 12.9. The lowest BCUT2D eigenvalue weighted by Gasteiger charge is -2.37. The quantitative estimate of drug-likeness (QED) is 0.681. The van der Waals surface area contributed by atoms with Crippen molar-refractivity contribution in [3.63, 3.8) is 0 Å². The number of nitrogens with one attached hydrogen (secondary N) is 1. The van der Waals surface area contributed by atoms with Crippen LogP contribution in [0.3, 0.4) is 0 Å². The van der Waals surface area contributed by atoms with E-state index >= 15 is 0 Å². The molecule has 0 spiro atoms. The maximum absolute atomic E-state index is 12.8. The Morgan fingerprint density at radius 2 is 1.77 bits per heavy atom. The highest BCUT2D eigenvalue weighted by Gasteiger charge is 2.27. The number of hydrogen-bond donors (Lipinski definition) is 1. The molecule has 2 saturated heterocycles. The van der Waals surface area contributed by atoms with E-state index in [1.54, 1.807) is 0 Å². The first kappa shape index (κ1) is 19.8. The molecule has 5 rings (SSSR count). The van der Waals surface area contributed by atoms with Crippen LogP contribution in [0.25, 0.3) is 10.9 Å². The van der Waals surface area contributed by atoms with Crippen molar-refractivity contribution < 1.29 is 4.79 Å². The van der Waals surface area contributed by atoms with Gasteiger partial charge in [0, 0.05) is 54.7 Å². The molecule has 0 bridgehead atoms. The first-order valence-electron chi connectivity index (χ1n) is 11.1. The highest BCUT2D eigenvalue weighted by atomic mass is 32.1. The molecular weight excluding hydrogens is 392 g/mol. The van der Waals surface area contributed by atoms with E-state index in [9.17, 15) is 4.79 Å². The van der Waals surface area contributed by atoms with Gasteiger partial charge < -0.3 is 9.88 Å². The summed E-state index contributed by atoms with van der Waals surface area (Å²) in [6.45, 7) is 7.28. The summed E-state index contributed by atoms with van der Waals surface area (Å²) in [5.41, 5.74) is 2.67. The number of likely N-dealkylation sites (tertiary alicyclic amines) is 1. The molecule has 1 N–H and O–H groups in total. The highest BCUT2D eigenvalue weighted by Crippen LogP contribution is 2.33. The van der Waals surface area contributed by atoms with Gasteiger partial charge in [0.15, 0.2) is 0 Å². The molecule has 0 saturated carbocycles. The lowest BCUT2D eigenvalue weighted by atomic mass is 9.89. The molecule has 2 fully saturated rings. The summed E-state index contributed by atoms with van der Waals surface area (Å²) in [5, 5.41) is 3.49. The third-order valence-electron chi connectivity index (χ3n) is 6.69. The van der Waals surface area contributed by atoms with Crippen LogP contribution in [0.15, 0.2) is 48.0 Å². The van der Waals surface area contributed by atoms with E-state index in [0.29, 0.717) is 18.4 Å². The number of hydrogen-bond acceptors (Lipinski definition) is 4. The number of fused-ring (bicyclic) bond motifs is 1. The zero-order chi connectivity index (χ0) is 20.3. The molecule has 1 aromatic carbocycles. The van der Waals surface area contributed by atoms with Gasteiger partial charge in [-0.3, -0.25) is 14.6 Å². The number of thiophene rings is 1. The number of carbonyl (C=O) groups excluding carboxylic acids is 1. The first-order chi connectivity index (χ1) is 14.8. The molecule has 2 aromatic heterocycles. The van der Waals surface area contributed by atoms with E-state index in [-0.39, 0.29) is 0 Å². The molecule has 0 radical (unpaired) electrons. The first-order valence-corrected chi connectivity index (χ1v) is 11.9. The average molecular weight is 423 g/mol. The number of piperazine rings is 1. The Hall–Kier alpha value is -2.15. The number of carbonyl (C=O) groups is 1. The van der Waals surface area contributed by atoms with E-state index in [1.807, 2.05) is 11.3 Å². The predicted octanol–water partition coefficient (Wildman–Crippen LogP) is 3.75. The fourth-order valence-corrected chi connectivity index (χ4v) is 5.65. The third-order valence-corrected chi connectivity index (χ3v) is 7.55. The van der Waals surface area contributed by atoms with Crippen molar-refractivity contribution in [2.45, 2.75) is 25.3 Å². The monoisotopic (exact) mass is 422 g/mol. The van der Waals surface area contributed by atoms with Crippen molar-refractivity contribution in [3.8, 4) is 0 Å². The molecule has 0 atom stereocenters. The van der Waals surface area contributed by atoms with Gasteiger partial charge in [0.1, 0.15) is 0 Å². The minimum atomic E-state index is 0.302. The van der Waals surface area contributed by atoms with Crippen LogP contribution in [-0.4, -0.2) is 71.4 Å². The minimum Gasteiger partial charge on any atom is -0.361 e. The molecule has 2 aliphatic rings. The Labute approximate surface area is 182 Å². The van der Waals surface area contributed by atoms with Gasteiger partial charge >= 0.3 is 0 Å². The highest BCUT2D eigenvalue weighted by molar-refractivity contribution is 7.09. The number of para-hydroxylation sites is 1. The Balaban J connectivity index is 1.09. The molecule has 6 heteroatoms. The summed E-state index contributed by atoms with van der Waals surface area (Å²) < 4.78 is 0. The topological polar surface area (TPSA) is 42.6 Å². The third kappa shape index (κ3) is 4.31. The second-order valence-electron chi connectivity index (χ2n) is 8.58.